The fourth-order valence-electron chi connectivity index (χ4n) is 1.54. The number of Topliss-reactive ketones (excluding diaryl/α,β-unsaturated/α-hetero) is 1. The number of ether oxygens (including phenoxy) is 1. The minimum absolute atomic E-state index is 0.0903. The molecular formula is C13H16O4. The number of phenols is 1. The number of hydrogen-bond acceptors (Lipinski definition) is 4. The van der Waals surface area contributed by atoms with E-state index in [1.807, 2.05) is 0 Å². The Morgan fingerprint density at radius 1 is 1.29 bits per heavy atom. The molecule has 0 bridgehead atoms. The van der Waals surface area contributed by atoms with Crippen molar-refractivity contribution in [1.29, 1.82) is 0 Å². The van der Waals surface area contributed by atoms with E-state index in [4.69, 9.17) is 4.74 Å². The molecule has 4 heteroatoms. The number of carbonyl (C=O) groups excluding carboxylic acids is 2. The molecule has 1 rings (SSSR count). The monoisotopic (exact) mass is 236 g/mol. The van der Waals surface area contributed by atoms with Gasteiger partial charge in [0, 0.05) is 12.0 Å². The summed E-state index contributed by atoms with van der Waals surface area (Å²) in [4.78, 5) is 22.9. The molecule has 0 fully saturated rings. The van der Waals surface area contributed by atoms with Crippen molar-refractivity contribution in [2.75, 3.05) is 6.61 Å². The summed E-state index contributed by atoms with van der Waals surface area (Å²) in [5.74, 6) is -0.350. The zero-order chi connectivity index (χ0) is 12.8. The van der Waals surface area contributed by atoms with Crippen LogP contribution in [0, 0.1) is 6.92 Å². The molecule has 1 N–H and O–H groups in total. The predicted molar refractivity (Wildman–Crippen MR) is 63.0 cm³/mol. The van der Waals surface area contributed by atoms with Crippen molar-refractivity contribution in [2.24, 2.45) is 0 Å². The van der Waals surface area contributed by atoms with E-state index in [1.165, 1.54) is 12.1 Å². The lowest BCUT2D eigenvalue weighted by molar-refractivity contribution is -0.143. The maximum atomic E-state index is 11.8. The van der Waals surface area contributed by atoms with Crippen LogP contribution < -0.4 is 0 Å². The Morgan fingerprint density at radius 2 is 2.00 bits per heavy atom. The molecule has 0 radical (unpaired) electrons. The highest BCUT2D eigenvalue weighted by Crippen LogP contribution is 2.17. The van der Waals surface area contributed by atoms with Crippen LogP contribution in [0.25, 0.3) is 0 Å². The van der Waals surface area contributed by atoms with Gasteiger partial charge in [-0.3, -0.25) is 9.59 Å². The molecule has 0 saturated carbocycles. The molecule has 92 valence electrons. The Morgan fingerprint density at radius 3 is 2.59 bits per heavy atom. The van der Waals surface area contributed by atoms with E-state index in [-0.39, 0.29) is 30.3 Å². The van der Waals surface area contributed by atoms with Gasteiger partial charge in [0.25, 0.3) is 0 Å². The molecule has 1 aromatic rings. The number of rotatable bonds is 5. The molecular weight excluding hydrogens is 220 g/mol. The van der Waals surface area contributed by atoms with E-state index >= 15 is 0 Å². The lowest BCUT2D eigenvalue weighted by atomic mass is 10.0. The van der Waals surface area contributed by atoms with E-state index < -0.39 is 0 Å². The highest BCUT2D eigenvalue weighted by molar-refractivity contribution is 5.98. The molecule has 0 aliphatic rings. The van der Waals surface area contributed by atoms with Crippen LogP contribution >= 0.6 is 0 Å². The van der Waals surface area contributed by atoms with Crippen LogP contribution in [0.5, 0.6) is 5.75 Å². The third-order valence-corrected chi connectivity index (χ3v) is 2.37. The first-order valence-corrected chi connectivity index (χ1v) is 5.53. The van der Waals surface area contributed by atoms with Crippen molar-refractivity contribution in [3.05, 3.63) is 29.3 Å². The third-order valence-electron chi connectivity index (χ3n) is 2.37. The summed E-state index contributed by atoms with van der Waals surface area (Å²) in [6.07, 6.45) is 0.220. The van der Waals surface area contributed by atoms with Gasteiger partial charge >= 0.3 is 5.97 Å². The quantitative estimate of drug-likeness (QED) is 0.629. The number of aromatic hydroxyl groups is 1. The lowest BCUT2D eigenvalue weighted by Crippen LogP contribution is -2.08. The second-order valence-corrected chi connectivity index (χ2v) is 3.73. The minimum Gasteiger partial charge on any atom is -0.508 e. The SMILES string of the molecule is CCOC(=O)CCC(=O)c1ccc(O)cc1C. The molecule has 0 spiro atoms. The van der Waals surface area contributed by atoms with Gasteiger partial charge in [-0.1, -0.05) is 0 Å². The maximum absolute atomic E-state index is 11.8. The Labute approximate surface area is 100 Å². The van der Waals surface area contributed by atoms with Crippen LogP contribution in [0.2, 0.25) is 0 Å². The van der Waals surface area contributed by atoms with Crippen molar-refractivity contribution in [1.82, 2.24) is 0 Å². The zero-order valence-corrected chi connectivity index (χ0v) is 10.0. The van der Waals surface area contributed by atoms with Gasteiger partial charge < -0.3 is 9.84 Å². The molecule has 0 aliphatic carbocycles. The molecule has 0 unspecified atom stereocenters. The van der Waals surface area contributed by atoms with E-state index in [1.54, 1.807) is 19.9 Å². The molecule has 0 heterocycles. The van der Waals surface area contributed by atoms with Gasteiger partial charge in [-0.15, -0.1) is 0 Å². The molecule has 0 atom stereocenters. The van der Waals surface area contributed by atoms with Gasteiger partial charge in [-0.2, -0.15) is 0 Å². The Hall–Kier alpha value is -1.84. The Kier molecular flexibility index (Phi) is 4.69. The average molecular weight is 236 g/mol. The first kappa shape index (κ1) is 13.2. The zero-order valence-electron chi connectivity index (χ0n) is 10.0. The van der Waals surface area contributed by atoms with Crippen LogP contribution in [0.4, 0.5) is 0 Å². The predicted octanol–water partition coefficient (Wildman–Crippen LogP) is 2.23. The smallest absolute Gasteiger partial charge is 0.306 e. The van der Waals surface area contributed by atoms with Gasteiger partial charge in [-0.05, 0) is 37.6 Å². The molecule has 0 saturated heterocycles. The van der Waals surface area contributed by atoms with Crippen LogP contribution in [0.1, 0.15) is 35.7 Å². The van der Waals surface area contributed by atoms with Crippen molar-refractivity contribution in [2.45, 2.75) is 26.7 Å². The molecule has 0 amide bonds. The number of aryl methyl sites for hydroxylation is 1. The van der Waals surface area contributed by atoms with Gasteiger partial charge in [0.2, 0.25) is 0 Å². The number of ketones is 1. The van der Waals surface area contributed by atoms with Gasteiger partial charge in [-0.25, -0.2) is 0 Å². The molecule has 1 aromatic carbocycles. The standard InChI is InChI=1S/C13H16O4/c1-3-17-13(16)7-6-12(15)11-5-4-10(14)8-9(11)2/h4-5,8,14H,3,6-7H2,1-2H3. The summed E-state index contributed by atoms with van der Waals surface area (Å²) in [5, 5.41) is 9.22. The number of esters is 1. The van der Waals surface area contributed by atoms with E-state index in [2.05, 4.69) is 0 Å². The van der Waals surface area contributed by atoms with Crippen molar-refractivity contribution in [3.8, 4) is 5.75 Å². The summed E-state index contributed by atoms with van der Waals surface area (Å²) in [6, 6.07) is 4.56. The minimum atomic E-state index is -0.364. The first-order valence-electron chi connectivity index (χ1n) is 5.53. The Balaban J connectivity index is 2.61. The van der Waals surface area contributed by atoms with Crippen molar-refractivity contribution < 1.29 is 19.4 Å². The van der Waals surface area contributed by atoms with Crippen molar-refractivity contribution >= 4 is 11.8 Å². The largest absolute Gasteiger partial charge is 0.508 e. The fourth-order valence-corrected chi connectivity index (χ4v) is 1.54. The molecule has 17 heavy (non-hydrogen) atoms. The summed E-state index contributed by atoms with van der Waals surface area (Å²) in [7, 11) is 0. The number of benzene rings is 1. The van der Waals surface area contributed by atoms with Crippen LogP contribution in [-0.4, -0.2) is 23.5 Å². The topological polar surface area (TPSA) is 63.6 Å². The van der Waals surface area contributed by atoms with Gasteiger partial charge in [0.1, 0.15) is 5.75 Å². The average Bonchev–Trinajstić information content (AvgIpc) is 2.26. The van der Waals surface area contributed by atoms with E-state index in [0.717, 1.165) is 0 Å². The highest BCUT2D eigenvalue weighted by Gasteiger charge is 2.12. The lowest BCUT2D eigenvalue weighted by Gasteiger charge is -2.05. The second kappa shape index (κ2) is 6.03. The highest BCUT2D eigenvalue weighted by atomic mass is 16.5. The number of hydrogen-bond donors (Lipinski definition) is 1. The van der Waals surface area contributed by atoms with Gasteiger partial charge in [0.05, 0.1) is 13.0 Å². The third kappa shape index (κ3) is 3.90. The summed E-state index contributed by atoms with van der Waals surface area (Å²) < 4.78 is 4.75. The number of phenolic OH excluding ortho intramolecular Hbond substituents is 1. The Bertz CT molecular complexity index is 423. The van der Waals surface area contributed by atoms with Gasteiger partial charge in [0.15, 0.2) is 5.78 Å². The molecule has 4 nitrogen and oxygen atoms in total. The number of carbonyl (C=O) groups is 2. The molecule has 0 aromatic heterocycles. The summed E-state index contributed by atoms with van der Waals surface area (Å²) in [5.41, 5.74) is 1.24. The first-order chi connectivity index (χ1) is 8.04. The van der Waals surface area contributed by atoms with Crippen LogP contribution in [0.15, 0.2) is 18.2 Å². The summed E-state index contributed by atoms with van der Waals surface area (Å²) >= 11 is 0. The normalized spacial score (nSPS) is 10.0. The van der Waals surface area contributed by atoms with E-state index in [0.29, 0.717) is 17.7 Å². The van der Waals surface area contributed by atoms with Crippen molar-refractivity contribution in [3.63, 3.8) is 0 Å². The fraction of sp³-hybridized carbons (Fsp3) is 0.385. The van der Waals surface area contributed by atoms with E-state index in [9.17, 15) is 14.7 Å². The van der Waals surface area contributed by atoms with Crippen LogP contribution in [-0.2, 0) is 9.53 Å². The molecule has 0 aliphatic heterocycles. The van der Waals surface area contributed by atoms with Crippen LogP contribution in [0.3, 0.4) is 0 Å². The summed E-state index contributed by atoms with van der Waals surface area (Å²) in [6.45, 7) is 3.80. The maximum Gasteiger partial charge on any atom is 0.306 e. The second-order valence-electron chi connectivity index (χ2n) is 3.73.